The zero-order chi connectivity index (χ0) is 13.2. The second-order valence-corrected chi connectivity index (χ2v) is 5.04. The second kappa shape index (κ2) is 5.63. The lowest BCUT2D eigenvalue weighted by Gasteiger charge is -2.23. The van der Waals surface area contributed by atoms with Crippen molar-refractivity contribution >= 4 is 34.4 Å². The molecule has 0 N–H and O–H groups in total. The third-order valence-electron chi connectivity index (χ3n) is 3.02. The predicted molar refractivity (Wildman–Crippen MR) is 72.7 cm³/mol. The highest BCUT2D eigenvalue weighted by molar-refractivity contribution is 6.31. The predicted octanol–water partition coefficient (Wildman–Crippen LogP) is 2.24. The van der Waals surface area contributed by atoms with Gasteiger partial charge in [0.2, 0.25) is 0 Å². The van der Waals surface area contributed by atoms with Crippen LogP contribution in [-0.2, 0) is 21.9 Å². The highest BCUT2D eigenvalue weighted by Crippen LogP contribution is 2.20. The number of nitrogens with zero attached hydrogens (tertiary/aromatic N) is 3. The fraction of sp³-hybridized carbons (Fsp3) is 0.500. The van der Waals surface area contributed by atoms with Gasteiger partial charge in [-0.25, -0.2) is 9.97 Å². The SMILES string of the molecule is ClCc1nc2cc(Cl)cnc2n1CC1COCCO1. The summed E-state index contributed by atoms with van der Waals surface area (Å²) in [7, 11) is 0. The van der Waals surface area contributed by atoms with Gasteiger partial charge in [-0.3, -0.25) is 0 Å². The molecule has 1 saturated heterocycles. The topological polar surface area (TPSA) is 49.2 Å². The molecule has 0 spiro atoms. The molecule has 0 radical (unpaired) electrons. The molecular weight excluding hydrogens is 289 g/mol. The van der Waals surface area contributed by atoms with Crippen LogP contribution in [0.2, 0.25) is 5.02 Å². The standard InChI is InChI=1S/C12H13Cl2N3O2/c13-4-11-16-10-3-8(14)5-15-12(10)17(11)6-9-7-18-1-2-19-9/h3,5,9H,1-2,4,6-7H2. The summed E-state index contributed by atoms with van der Waals surface area (Å²) in [6, 6.07) is 1.79. The normalized spacial score (nSPS) is 20.0. The number of imidazole rings is 1. The summed E-state index contributed by atoms with van der Waals surface area (Å²) in [5.74, 6) is 1.09. The highest BCUT2D eigenvalue weighted by Gasteiger charge is 2.19. The molecule has 1 aliphatic rings. The highest BCUT2D eigenvalue weighted by atomic mass is 35.5. The van der Waals surface area contributed by atoms with Crippen LogP contribution in [0, 0.1) is 0 Å². The van der Waals surface area contributed by atoms with Gasteiger partial charge in [-0.1, -0.05) is 11.6 Å². The molecule has 3 rings (SSSR count). The summed E-state index contributed by atoms with van der Waals surface area (Å²) in [5.41, 5.74) is 1.52. The van der Waals surface area contributed by atoms with E-state index in [1.54, 1.807) is 12.3 Å². The number of ether oxygens (including phenoxy) is 2. The third-order valence-corrected chi connectivity index (χ3v) is 3.47. The molecular formula is C12H13Cl2N3O2. The van der Waals surface area contributed by atoms with Gasteiger partial charge >= 0.3 is 0 Å². The molecule has 1 fully saturated rings. The molecule has 0 aromatic carbocycles. The molecule has 1 atom stereocenters. The average Bonchev–Trinajstić information content (AvgIpc) is 2.77. The van der Waals surface area contributed by atoms with Gasteiger partial charge in [0, 0.05) is 6.20 Å². The van der Waals surface area contributed by atoms with Crippen molar-refractivity contribution in [1.29, 1.82) is 0 Å². The Morgan fingerprint density at radius 1 is 1.42 bits per heavy atom. The van der Waals surface area contributed by atoms with Gasteiger partial charge in [0.1, 0.15) is 11.3 Å². The maximum absolute atomic E-state index is 5.94. The van der Waals surface area contributed by atoms with E-state index in [1.165, 1.54) is 0 Å². The molecule has 102 valence electrons. The number of rotatable bonds is 3. The van der Waals surface area contributed by atoms with E-state index in [4.69, 9.17) is 32.7 Å². The fourth-order valence-corrected chi connectivity index (χ4v) is 2.53. The first-order valence-electron chi connectivity index (χ1n) is 6.04. The van der Waals surface area contributed by atoms with E-state index < -0.39 is 0 Å². The van der Waals surface area contributed by atoms with Crippen LogP contribution in [0.5, 0.6) is 0 Å². The Balaban J connectivity index is 1.95. The number of pyridine rings is 1. The van der Waals surface area contributed by atoms with Crippen LogP contribution in [0.4, 0.5) is 0 Å². The van der Waals surface area contributed by atoms with Gasteiger partial charge < -0.3 is 14.0 Å². The van der Waals surface area contributed by atoms with E-state index in [1.807, 2.05) is 4.57 Å². The van der Waals surface area contributed by atoms with Crippen molar-refractivity contribution in [3.05, 3.63) is 23.1 Å². The second-order valence-electron chi connectivity index (χ2n) is 4.34. The number of fused-ring (bicyclic) bond motifs is 1. The van der Waals surface area contributed by atoms with Crippen LogP contribution < -0.4 is 0 Å². The Kier molecular flexibility index (Phi) is 3.88. The largest absolute Gasteiger partial charge is 0.376 e. The Morgan fingerprint density at radius 3 is 3.05 bits per heavy atom. The molecule has 0 saturated carbocycles. The number of hydrogen-bond acceptors (Lipinski definition) is 4. The first-order chi connectivity index (χ1) is 9.28. The minimum Gasteiger partial charge on any atom is -0.376 e. The molecule has 3 heterocycles. The van der Waals surface area contributed by atoms with E-state index in [2.05, 4.69) is 9.97 Å². The van der Waals surface area contributed by atoms with Gasteiger partial charge in [-0.05, 0) is 6.07 Å². The number of halogens is 2. The Hall–Kier alpha value is -0.880. The summed E-state index contributed by atoms with van der Waals surface area (Å²) in [4.78, 5) is 8.77. The Bertz CT molecular complexity index is 582. The molecule has 1 aliphatic heterocycles. The molecule has 7 heteroatoms. The Labute approximate surface area is 120 Å². The zero-order valence-corrected chi connectivity index (χ0v) is 11.7. The van der Waals surface area contributed by atoms with Gasteiger partial charge in [0.05, 0.1) is 43.4 Å². The zero-order valence-electron chi connectivity index (χ0n) is 10.2. The molecule has 0 bridgehead atoms. The lowest BCUT2D eigenvalue weighted by molar-refractivity contribution is -0.0934. The van der Waals surface area contributed by atoms with E-state index >= 15 is 0 Å². The van der Waals surface area contributed by atoms with Crippen LogP contribution >= 0.6 is 23.2 Å². The first-order valence-corrected chi connectivity index (χ1v) is 6.95. The van der Waals surface area contributed by atoms with E-state index in [-0.39, 0.29) is 6.10 Å². The van der Waals surface area contributed by atoms with E-state index in [0.29, 0.717) is 37.3 Å². The minimum absolute atomic E-state index is 0.00518. The fourth-order valence-electron chi connectivity index (χ4n) is 2.17. The lowest BCUT2D eigenvalue weighted by Crippen LogP contribution is -2.32. The molecule has 2 aromatic rings. The quantitative estimate of drug-likeness (QED) is 0.816. The van der Waals surface area contributed by atoms with Crippen molar-refractivity contribution in [2.75, 3.05) is 19.8 Å². The van der Waals surface area contributed by atoms with Crippen LogP contribution in [0.3, 0.4) is 0 Å². The smallest absolute Gasteiger partial charge is 0.160 e. The van der Waals surface area contributed by atoms with Crippen LogP contribution in [-0.4, -0.2) is 40.5 Å². The molecule has 0 aliphatic carbocycles. The van der Waals surface area contributed by atoms with Gasteiger partial charge in [-0.15, -0.1) is 11.6 Å². The summed E-state index contributed by atoms with van der Waals surface area (Å²) < 4.78 is 13.0. The van der Waals surface area contributed by atoms with E-state index in [9.17, 15) is 0 Å². The summed E-state index contributed by atoms with van der Waals surface area (Å²) >= 11 is 11.9. The van der Waals surface area contributed by atoms with Crippen molar-refractivity contribution in [3.63, 3.8) is 0 Å². The lowest BCUT2D eigenvalue weighted by atomic mass is 10.3. The van der Waals surface area contributed by atoms with Gasteiger partial charge in [0.15, 0.2) is 5.65 Å². The average molecular weight is 302 g/mol. The number of aromatic nitrogens is 3. The van der Waals surface area contributed by atoms with E-state index in [0.717, 1.165) is 17.0 Å². The van der Waals surface area contributed by atoms with Crippen LogP contribution in [0.25, 0.3) is 11.2 Å². The molecule has 19 heavy (non-hydrogen) atoms. The summed E-state index contributed by atoms with van der Waals surface area (Å²) in [6.07, 6.45) is 1.61. The minimum atomic E-state index is 0.00518. The molecule has 1 unspecified atom stereocenters. The van der Waals surface area contributed by atoms with Crippen molar-refractivity contribution in [1.82, 2.24) is 14.5 Å². The molecule has 0 amide bonds. The Morgan fingerprint density at radius 2 is 2.32 bits per heavy atom. The van der Waals surface area contributed by atoms with Crippen molar-refractivity contribution in [3.8, 4) is 0 Å². The number of hydrogen-bond donors (Lipinski definition) is 0. The van der Waals surface area contributed by atoms with Crippen LogP contribution in [0.15, 0.2) is 12.3 Å². The molecule has 5 nitrogen and oxygen atoms in total. The van der Waals surface area contributed by atoms with Crippen LogP contribution in [0.1, 0.15) is 5.82 Å². The first kappa shape index (κ1) is 13.1. The van der Waals surface area contributed by atoms with Crippen molar-refractivity contribution in [2.45, 2.75) is 18.5 Å². The maximum atomic E-state index is 5.94. The maximum Gasteiger partial charge on any atom is 0.160 e. The van der Waals surface area contributed by atoms with Gasteiger partial charge in [-0.2, -0.15) is 0 Å². The monoisotopic (exact) mass is 301 g/mol. The number of alkyl halides is 1. The third kappa shape index (κ3) is 2.69. The van der Waals surface area contributed by atoms with Crippen molar-refractivity contribution < 1.29 is 9.47 Å². The summed E-state index contributed by atoms with van der Waals surface area (Å²) in [6.45, 7) is 2.48. The van der Waals surface area contributed by atoms with Crippen molar-refractivity contribution in [2.24, 2.45) is 0 Å². The van der Waals surface area contributed by atoms with Gasteiger partial charge in [0.25, 0.3) is 0 Å². The summed E-state index contributed by atoms with van der Waals surface area (Å²) in [5, 5.41) is 0.565. The molecule has 2 aromatic heterocycles.